The summed E-state index contributed by atoms with van der Waals surface area (Å²) in [5.74, 6) is -6.40. The Kier molecular flexibility index (Phi) is 5.14. The van der Waals surface area contributed by atoms with Crippen LogP contribution in [0.2, 0.25) is 0 Å². The molecule has 0 spiro atoms. The van der Waals surface area contributed by atoms with Crippen LogP contribution in [0.1, 0.15) is 27.7 Å². The molecule has 0 N–H and O–H groups in total. The third kappa shape index (κ3) is 3.32. The van der Waals surface area contributed by atoms with Crippen LogP contribution in [0.25, 0.3) is 0 Å². The van der Waals surface area contributed by atoms with E-state index in [1.54, 1.807) is 0 Å². The lowest BCUT2D eigenvalue weighted by Gasteiger charge is -2.26. The number of aliphatic carboxylic acids is 2. The fraction of sp³-hybridized carbons (Fsp3) is 0.727. The normalized spacial score (nSPS) is 18.2. The molecule has 92 valence electrons. The highest BCUT2D eigenvalue weighted by Crippen LogP contribution is 2.21. The molecule has 0 aliphatic carbocycles. The average molecular weight is 228 g/mol. The van der Waals surface area contributed by atoms with Crippen molar-refractivity contribution in [1.82, 2.24) is 0 Å². The van der Waals surface area contributed by atoms with Crippen LogP contribution in [0.5, 0.6) is 0 Å². The SMILES string of the molecule is CC(C(=O)[O-])C(C)C(=O)C(C)C(C)C(=O)[O-]. The molecular weight excluding hydrogens is 212 g/mol. The van der Waals surface area contributed by atoms with E-state index in [9.17, 15) is 24.6 Å². The van der Waals surface area contributed by atoms with Crippen LogP contribution in [0.3, 0.4) is 0 Å². The number of carbonyl (C=O) groups is 3. The van der Waals surface area contributed by atoms with Crippen LogP contribution in [0.15, 0.2) is 0 Å². The number of rotatable bonds is 6. The van der Waals surface area contributed by atoms with Crippen molar-refractivity contribution in [2.24, 2.45) is 23.7 Å². The first-order valence-electron chi connectivity index (χ1n) is 5.15. The van der Waals surface area contributed by atoms with Gasteiger partial charge in [0.15, 0.2) is 0 Å². The summed E-state index contributed by atoms with van der Waals surface area (Å²) in [6, 6.07) is 0. The topological polar surface area (TPSA) is 97.3 Å². The highest BCUT2D eigenvalue weighted by Gasteiger charge is 2.29. The zero-order valence-corrected chi connectivity index (χ0v) is 9.85. The molecule has 0 aromatic rings. The molecule has 5 heteroatoms. The van der Waals surface area contributed by atoms with E-state index in [2.05, 4.69) is 0 Å². The predicted molar refractivity (Wildman–Crippen MR) is 51.7 cm³/mol. The maximum absolute atomic E-state index is 11.8. The molecule has 0 aliphatic rings. The standard InChI is InChI=1S/C11H18O5/c1-5(7(3)10(13)14)9(12)6(2)8(4)11(15)16/h5-8H,1-4H3,(H,13,14)(H,15,16)/p-2. The Morgan fingerprint density at radius 2 is 0.938 bits per heavy atom. The van der Waals surface area contributed by atoms with Crippen LogP contribution in [-0.4, -0.2) is 17.7 Å². The van der Waals surface area contributed by atoms with Crippen molar-refractivity contribution in [3.8, 4) is 0 Å². The zero-order valence-electron chi connectivity index (χ0n) is 9.85. The summed E-state index contributed by atoms with van der Waals surface area (Å²) in [5, 5.41) is 21.2. The van der Waals surface area contributed by atoms with Gasteiger partial charge in [0, 0.05) is 35.6 Å². The number of carboxylic acids is 2. The van der Waals surface area contributed by atoms with Gasteiger partial charge in [0.25, 0.3) is 0 Å². The summed E-state index contributed by atoms with van der Waals surface area (Å²) >= 11 is 0. The molecule has 0 aromatic carbocycles. The number of Topliss-reactive ketones (excluding diaryl/α,β-unsaturated/α-hetero) is 1. The molecule has 0 heterocycles. The predicted octanol–water partition coefficient (Wildman–Crippen LogP) is -1.40. The van der Waals surface area contributed by atoms with E-state index in [1.807, 2.05) is 0 Å². The quantitative estimate of drug-likeness (QED) is 0.557. The van der Waals surface area contributed by atoms with Gasteiger partial charge in [0.1, 0.15) is 5.78 Å². The van der Waals surface area contributed by atoms with Gasteiger partial charge in [-0.25, -0.2) is 0 Å². The Morgan fingerprint density at radius 1 is 0.688 bits per heavy atom. The molecule has 0 bridgehead atoms. The average Bonchev–Trinajstić information content (AvgIpc) is 2.23. The van der Waals surface area contributed by atoms with E-state index in [0.29, 0.717) is 0 Å². The van der Waals surface area contributed by atoms with Crippen molar-refractivity contribution in [3.63, 3.8) is 0 Å². The molecule has 0 aliphatic heterocycles. The molecular formula is C11H16O5-2. The van der Waals surface area contributed by atoms with E-state index in [4.69, 9.17) is 0 Å². The monoisotopic (exact) mass is 228 g/mol. The Bertz CT molecular complexity index is 269. The van der Waals surface area contributed by atoms with Gasteiger partial charge in [-0.1, -0.05) is 27.7 Å². The first-order valence-corrected chi connectivity index (χ1v) is 5.15. The van der Waals surface area contributed by atoms with Crippen molar-refractivity contribution >= 4 is 17.7 Å². The number of ketones is 1. The fourth-order valence-corrected chi connectivity index (χ4v) is 1.32. The van der Waals surface area contributed by atoms with E-state index in [-0.39, 0.29) is 0 Å². The molecule has 4 atom stereocenters. The first-order chi connectivity index (χ1) is 7.20. The van der Waals surface area contributed by atoms with Gasteiger partial charge in [0.2, 0.25) is 0 Å². The van der Waals surface area contributed by atoms with Crippen molar-refractivity contribution in [2.75, 3.05) is 0 Å². The summed E-state index contributed by atoms with van der Waals surface area (Å²) in [7, 11) is 0. The molecule has 0 rings (SSSR count). The van der Waals surface area contributed by atoms with Crippen LogP contribution in [0.4, 0.5) is 0 Å². The van der Waals surface area contributed by atoms with Gasteiger partial charge in [-0.05, 0) is 0 Å². The lowest BCUT2D eigenvalue weighted by molar-refractivity contribution is -0.312. The van der Waals surface area contributed by atoms with Crippen LogP contribution < -0.4 is 10.2 Å². The van der Waals surface area contributed by atoms with Crippen molar-refractivity contribution < 1.29 is 24.6 Å². The minimum atomic E-state index is -1.31. The Hall–Kier alpha value is -1.39. The summed E-state index contributed by atoms with van der Waals surface area (Å²) in [6.45, 7) is 5.66. The number of hydrogen-bond acceptors (Lipinski definition) is 5. The fourth-order valence-electron chi connectivity index (χ4n) is 1.32. The Morgan fingerprint density at radius 3 is 1.12 bits per heavy atom. The highest BCUT2D eigenvalue weighted by atomic mass is 16.4. The first kappa shape index (κ1) is 14.6. The largest absolute Gasteiger partial charge is 0.550 e. The molecule has 0 saturated heterocycles. The summed E-state index contributed by atoms with van der Waals surface area (Å²) in [4.78, 5) is 32.9. The molecule has 0 amide bonds. The van der Waals surface area contributed by atoms with Crippen molar-refractivity contribution in [3.05, 3.63) is 0 Å². The Balaban J connectivity index is 4.67. The highest BCUT2D eigenvalue weighted by molar-refractivity contribution is 5.89. The summed E-state index contributed by atoms with van der Waals surface area (Å²) in [5.41, 5.74) is 0. The minimum absolute atomic E-state index is 0.395. The second kappa shape index (κ2) is 5.63. The minimum Gasteiger partial charge on any atom is -0.550 e. The van der Waals surface area contributed by atoms with E-state index >= 15 is 0 Å². The Labute approximate surface area is 94.5 Å². The van der Waals surface area contributed by atoms with Crippen LogP contribution >= 0.6 is 0 Å². The summed E-state index contributed by atoms with van der Waals surface area (Å²) < 4.78 is 0. The molecule has 16 heavy (non-hydrogen) atoms. The zero-order chi connectivity index (χ0) is 13.0. The maximum atomic E-state index is 11.8. The molecule has 0 saturated carbocycles. The maximum Gasteiger partial charge on any atom is 0.139 e. The lowest BCUT2D eigenvalue weighted by atomic mass is 9.81. The van der Waals surface area contributed by atoms with Crippen molar-refractivity contribution in [1.29, 1.82) is 0 Å². The summed E-state index contributed by atoms with van der Waals surface area (Å²) in [6.07, 6.45) is 0. The molecule has 0 aromatic heterocycles. The number of carbonyl (C=O) groups excluding carboxylic acids is 3. The van der Waals surface area contributed by atoms with Gasteiger partial charge in [-0.2, -0.15) is 0 Å². The van der Waals surface area contributed by atoms with Gasteiger partial charge in [-0.15, -0.1) is 0 Å². The second-order valence-corrected chi connectivity index (χ2v) is 4.20. The van der Waals surface area contributed by atoms with Gasteiger partial charge < -0.3 is 19.8 Å². The number of hydrogen-bond donors (Lipinski definition) is 0. The van der Waals surface area contributed by atoms with Crippen molar-refractivity contribution in [2.45, 2.75) is 27.7 Å². The third-order valence-electron chi connectivity index (χ3n) is 3.14. The van der Waals surface area contributed by atoms with E-state index in [1.165, 1.54) is 27.7 Å². The van der Waals surface area contributed by atoms with Gasteiger partial charge in [0.05, 0.1) is 0 Å². The van der Waals surface area contributed by atoms with Crippen LogP contribution in [-0.2, 0) is 14.4 Å². The third-order valence-corrected chi connectivity index (χ3v) is 3.14. The second-order valence-electron chi connectivity index (χ2n) is 4.20. The lowest BCUT2D eigenvalue weighted by Crippen LogP contribution is -2.41. The van der Waals surface area contributed by atoms with E-state index < -0.39 is 41.4 Å². The molecule has 4 unspecified atom stereocenters. The number of carboxylic acid groups (broad SMARTS) is 2. The van der Waals surface area contributed by atoms with E-state index in [0.717, 1.165) is 0 Å². The molecule has 5 nitrogen and oxygen atoms in total. The van der Waals surface area contributed by atoms with Gasteiger partial charge in [-0.3, -0.25) is 4.79 Å². The van der Waals surface area contributed by atoms with Crippen LogP contribution in [0, 0.1) is 23.7 Å². The molecule has 0 fully saturated rings. The van der Waals surface area contributed by atoms with Gasteiger partial charge >= 0.3 is 0 Å². The molecule has 0 radical (unpaired) electrons. The smallest absolute Gasteiger partial charge is 0.139 e.